The highest BCUT2D eigenvalue weighted by atomic mass is 15.2. The molecule has 0 spiro atoms. The molecule has 4 unspecified atom stereocenters. The van der Waals surface area contributed by atoms with Crippen molar-refractivity contribution in [2.45, 2.75) is 57.4 Å². The van der Waals surface area contributed by atoms with Crippen molar-refractivity contribution < 1.29 is 0 Å². The van der Waals surface area contributed by atoms with Crippen LogP contribution in [0.25, 0.3) is 0 Å². The normalized spacial score (nSPS) is 31.6. The van der Waals surface area contributed by atoms with Crippen LogP contribution in [0.15, 0.2) is 24.5 Å². The van der Waals surface area contributed by atoms with Crippen molar-refractivity contribution in [1.29, 1.82) is 0 Å². The molecule has 1 aromatic rings. The summed E-state index contributed by atoms with van der Waals surface area (Å²) in [7, 11) is 0. The van der Waals surface area contributed by atoms with Gasteiger partial charge in [0.2, 0.25) is 0 Å². The van der Waals surface area contributed by atoms with Gasteiger partial charge in [0.25, 0.3) is 0 Å². The Kier molecular flexibility index (Phi) is 4.69. The molecule has 2 saturated carbocycles. The van der Waals surface area contributed by atoms with Crippen LogP contribution in [-0.2, 0) is 6.42 Å². The highest BCUT2D eigenvalue weighted by molar-refractivity contribution is 5.12. The van der Waals surface area contributed by atoms with Crippen molar-refractivity contribution in [2.75, 3.05) is 0 Å². The zero-order valence-corrected chi connectivity index (χ0v) is 12.3. The fraction of sp³-hybridized carbons (Fsp3) is 0.706. The predicted octanol–water partition coefficient (Wildman–Crippen LogP) is 3.06. The van der Waals surface area contributed by atoms with Crippen molar-refractivity contribution >= 4 is 0 Å². The number of pyridine rings is 1. The number of hydrazine groups is 1. The van der Waals surface area contributed by atoms with E-state index in [1.807, 2.05) is 12.4 Å². The molecule has 1 heterocycles. The van der Waals surface area contributed by atoms with E-state index in [0.29, 0.717) is 6.04 Å². The van der Waals surface area contributed by atoms with Crippen LogP contribution in [0.5, 0.6) is 0 Å². The zero-order chi connectivity index (χ0) is 13.8. The lowest BCUT2D eigenvalue weighted by Gasteiger charge is -2.41. The van der Waals surface area contributed by atoms with E-state index in [4.69, 9.17) is 5.84 Å². The summed E-state index contributed by atoms with van der Waals surface area (Å²) in [5.41, 5.74) is 4.44. The van der Waals surface area contributed by atoms with Gasteiger partial charge in [0, 0.05) is 18.4 Å². The van der Waals surface area contributed by atoms with Gasteiger partial charge >= 0.3 is 0 Å². The molecule has 0 aliphatic heterocycles. The van der Waals surface area contributed by atoms with E-state index in [-0.39, 0.29) is 0 Å². The smallest absolute Gasteiger partial charge is 0.0279 e. The van der Waals surface area contributed by atoms with Crippen molar-refractivity contribution in [2.24, 2.45) is 23.6 Å². The predicted molar refractivity (Wildman–Crippen MR) is 81.8 cm³/mol. The second-order valence-corrected chi connectivity index (χ2v) is 6.71. The fourth-order valence-corrected chi connectivity index (χ4v) is 4.41. The summed E-state index contributed by atoms with van der Waals surface area (Å²) in [6, 6.07) is 4.63. The summed E-state index contributed by atoms with van der Waals surface area (Å²) in [6.45, 7) is 0. The van der Waals surface area contributed by atoms with Crippen LogP contribution < -0.4 is 11.3 Å². The van der Waals surface area contributed by atoms with Gasteiger partial charge in [0.05, 0.1) is 0 Å². The summed E-state index contributed by atoms with van der Waals surface area (Å²) >= 11 is 0. The number of fused-ring (bicyclic) bond motifs is 1. The van der Waals surface area contributed by atoms with Crippen molar-refractivity contribution in [3.05, 3.63) is 30.1 Å². The number of nitrogens with zero attached hydrogens (tertiary/aromatic N) is 1. The SMILES string of the molecule is NNC(Cc1ccncc1)C1CCC2CCCCC2C1. The molecular formula is C17H27N3. The van der Waals surface area contributed by atoms with E-state index in [2.05, 4.69) is 22.5 Å². The lowest BCUT2D eigenvalue weighted by atomic mass is 9.66. The first-order valence-electron chi connectivity index (χ1n) is 8.22. The Hall–Kier alpha value is -0.930. The molecule has 0 radical (unpaired) electrons. The lowest BCUT2D eigenvalue weighted by molar-refractivity contribution is 0.109. The highest BCUT2D eigenvalue weighted by Gasteiger charge is 2.35. The molecule has 2 aliphatic carbocycles. The Morgan fingerprint density at radius 2 is 1.85 bits per heavy atom. The highest BCUT2D eigenvalue weighted by Crippen LogP contribution is 2.43. The minimum Gasteiger partial charge on any atom is -0.271 e. The number of hydrogen-bond acceptors (Lipinski definition) is 3. The van der Waals surface area contributed by atoms with E-state index in [1.165, 1.54) is 50.5 Å². The Balaban J connectivity index is 1.61. The van der Waals surface area contributed by atoms with E-state index in [9.17, 15) is 0 Å². The first-order valence-corrected chi connectivity index (χ1v) is 8.22. The molecule has 20 heavy (non-hydrogen) atoms. The monoisotopic (exact) mass is 273 g/mol. The van der Waals surface area contributed by atoms with Crippen LogP contribution in [0.2, 0.25) is 0 Å². The summed E-state index contributed by atoms with van der Waals surface area (Å²) in [4.78, 5) is 4.09. The summed E-state index contributed by atoms with van der Waals surface area (Å²) in [5.74, 6) is 8.58. The second-order valence-electron chi connectivity index (χ2n) is 6.71. The maximum atomic E-state index is 5.85. The maximum Gasteiger partial charge on any atom is 0.0279 e. The van der Waals surface area contributed by atoms with Gasteiger partial charge in [-0.25, -0.2) is 0 Å². The molecule has 3 rings (SSSR count). The Morgan fingerprint density at radius 3 is 2.60 bits per heavy atom. The van der Waals surface area contributed by atoms with Gasteiger partial charge in [-0.1, -0.05) is 25.7 Å². The summed E-state index contributed by atoms with van der Waals surface area (Å²) in [5, 5.41) is 0. The van der Waals surface area contributed by atoms with E-state index >= 15 is 0 Å². The third kappa shape index (κ3) is 3.21. The summed E-state index contributed by atoms with van der Waals surface area (Å²) in [6.07, 6.45) is 14.8. The molecular weight excluding hydrogens is 246 g/mol. The minimum atomic E-state index is 0.417. The van der Waals surface area contributed by atoms with Gasteiger partial charge in [-0.05, 0) is 61.1 Å². The topological polar surface area (TPSA) is 50.9 Å². The van der Waals surface area contributed by atoms with Crippen LogP contribution in [0, 0.1) is 17.8 Å². The van der Waals surface area contributed by atoms with Gasteiger partial charge in [-0.15, -0.1) is 0 Å². The summed E-state index contributed by atoms with van der Waals surface area (Å²) < 4.78 is 0. The molecule has 3 N–H and O–H groups in total. The largest absolute Gasteiger partial charge is 0.271 e. The van der Waals surface area contributed by atoms with Gasteiger partial charge in [0.15, 0.2) is 0 Å². The second kappa shape index (κ2) is 6.68. The number of nitrogens with one attached hydrogen (secondary N) is 1. The lowest BCUT2D eigenvalue weighted by Crippen LogP contribution is -2.45. The van der Waals surface area contributed by atoms with E-state index < -0.39 is 0 Å². The number of hydrogen-bond donors (Lipinski definition) is 2. The van der Waals surface area contributed by atoms with Crippen LogP contribution in [0.4, 0.5) is 0 Å². The standard InChI is InChI=1S/C17H27N3/c18-20-17(11-13-7-9-19-10-8-13)16-6-5-14-3-1-2-4-15(14)12-16/h7-10,14-17,20H,1-6,11-12,18H2. The van der Waals surface area contributed by atoms with Gasteiger partial charge < -0.3 is 0 Å². The number of nitrogens with two attached hydrogens (primary N) is 1. The molecule has 110 valence electrons. The third-order valence-corrected chi connectivity index (χ3v) is 5.57. The first kappa shape index (κ1) is 14.0. The molecule has 0 aromatic carbocycles. The fourth-order valence-electron chi connectivity index (χ4n) is 4.41. The van der Waals surface area contributed by atoms with Crippen molar-refractivity contribution in [1.82, 2.24) is 10.4 Å². The molecule has 0 bridgehead atoms. The number of rotatable bonds is 4. The van der Waals surface area contributed by atoms with Gasteiger partial charge in [-0.2, -0.15) is 0 Å². The molecule has 4 atom stereocenters. The molecule has 0 amide bonds. The zero-order valence-electron chi connectivity index (χ0n) is 12.3. The van der Waals surface area contributed by atoms with Crippen LogP contribution in [0.1, 0.15) is 50.5 Å². The first-order chi connectivity index (χ1) is 9.86. The van der Waals surface area contributed by atoms with E-state index in [0.717, 1.165) is 24.2 Å². The van der Waals surface area contributed by atoms with Crippen LogP contribution in [0.3, 0.4) is 0 Å². The molecule has 3 nitrogen and oxygen atoms in total. The number of aromatic nitrogens is 1. The van der Waals surface area contributed by atoms with Gasteiger partial charge in [-0.3, -0.25) is 16.3 Å². The Labute approximate surface area is 122 Å². The molecule has 2 fully saturated rings. The Morgan fingerprint density at radius 1 is 1.10 bits per heavy atom. The average molecular weight is 273 g/mol. The Bertz CT molecular complexity index is 406. The maximum absolute atomic E-state index is 5.85. The quantitative estimate of drug-likeness (QED) is 0.655. The van der Waals surface area contributed by atoms with Crippen LogP contribution in [-0.4, -0.2) is 11.0 Å². The molecule has 0 saturated heterocycles. The minimum absolute atomic E-state index is 0.417. The van der Waals surface area contributed by atoms with Crippen molar-refractivity contribution in [3.8, 4) is 0 Å². The average Bonchev–Trinajstić information content (AvgIpc) is 2.53. The molecule has 2 aliphatic rings. The van der Waals surface area contributed by atoms with Gasteiger partial charge in [0.1, 0.15) is 0 Å². The van der Waals surface area contributed by atoms with E-state index in [1.54, 1.807) is 0 Å². The van der Waals surface area contributed by atoms with Crippen molar-refractivity contribution in [3.63, 3.8) is 0 Å². The molecule has 1 aromatic heterocycles. The third-order valence-electron chi connectivity index (χ3n) is 5.57. The van der Waals surface area contributed by atoms with Crippen LogP contribution >= 0.6 is 0 Å². The molecule has 3 heteroatoms.